The van der Waals surface area contributed by atoms with E-state index in [9.17, 15) is 19.2 Å². The van der Waals surface area contributed by atoms with Crippen LogP contribution in [0.1, 0.15) is 170 Å². The normalized spacial score (nSPS) is 19.5. The molecule has 4 aliphatic rings. The summed E-state index contributed by atoms with van der Waals surface area (Å²) in [7, 11) is 0. The average molecular weight is 781 g/mol. The molecule has 2 fully saturated rings. The minimum atomic E-state index is -0.456. The van der Waals surface area contributed by atoms with Crippen LogP contribution in [0, 0.1) is 25.7 Å². The Labute approximate surface area is 332 Å². The SMILES string of the molecule is C/C=C(\c1sc2c(c1C)C(=O)CCC2)C1CCN(C(=O)OC(C)(C)C)CC1.CCC(c1sc2c(c1C)C(=O)CCC2)C1CCN(C(=O)OC(C)(C)C)CC1. The zero-order valence-electron chi connectivity index (χ0n) is 34.6. The van der Waals surface area contributed by atoms with Gasteiger partial charge in [-0.1, -0.05) is 13.0 Å². The van der Waals surface area contributed by atoms with Gasteiger partial charge in [-0.3, -0.25) is 9.59 Å². The van der Waals surface area contributed by atoms with E-state index in [-0.39, 0.29) is 12.2 Å². The summed E-state index contributed by atoms with van der Waals surface area (Å²) in [5.41, 5.74) is 4.88. The molecule has 2 aliphatic heterocycles. The van der Waals surface area contributed by atoms with E-state index in [1.54, 1.807) is 0 Å². The molecule has 298 valence electrons. The van der Waals surface area contributed by atoms with E-state index in [1.165, 1.54) is 36.2 Å². The predicted octanol–water partition coefficient (Wildman–Crippen LogP) is 11.3. The largest absolute Gasteiger partial charge is 0.444 e. The Bertz CT molecular complexity index is 1720. The molecule has 4 heterocycles. The molecular formula is C44H64N2O6S2. The van der Waals surface area contributed by atoms with Gasteiger partial charge in [0.2, 0.25) is 0 Å². The van der Waals surface area contributed by atoms with Crippen molar-refractivity contribution in [3.8, 4) is 0 Å². The van der Waals surface area contributed by atoms with E-state index in [4.69, 9.17) is 9.47 Å². The van der Waals surface area contributed by atoms with Gasteiger partial charge >= 0.3 is 12.2 Å². The molecule has 2 aromatic heterocycles. The number of nitrogens with zero attached hydrogens (tertiary/aromatic N) is 2. The molecule has 0 aromatic carbocycles. The predicted molar refractivity (Wildman–Crippen MR) is 220 cm³/mol. The summed E-state index contributed by atoms with van der Waals surface area (Å²) in [6.07, 6.45) is 12.2. The summed E-state index contributed by atoms with van der Waals surface area (Å²) in [6.45, 7) is 23.0. The number of hydrogen-bond acceptors (Lipinski definition) is 8. The van der Waals surface area contributed by atoms with Gasteiger partial charge in [0.05, 0.1) is 0 Å². The zero-order valence-corrected chi connectivity index (χ0v) is 36.2. The standard InChI is InChI=1S/C22H33NO3S.C22H31NO3S/c2*1-6-16(20-14(2)19-17(24)8-7-9-18(19)27-20)15-10-12-23(13-11-15)21(25)26-22(3,4)5/h15-16H,6-13H2,1-5H3;6,15H,7-13H2,1-5H3/b;16-6-. The number of ether oxygens (including phenoxy) is 2. The summed E-state index contributed by atoms with van der Waals surface area (Å²) in [5, 5.41) is 0. The van der Waals surface area contributed by atoms with Gasteiger partial charge < -0.3 is 19.3 Å². The van der Waals surface area contributed by atoms with Crippen molar-refractivity contribution in [3.63, 3.8) is 0 Å². The number of thiophene rings is 2. The molecule has 0 bridgehead atoms. The Morgan fingerprint density at radius 3 is 1.63 bits per heavy atom. The lowest BCUT2D eigenvalue weighted by Crippen LogP contribution is -2.42. The van der Waals surface area contributed by atoms with Crippen LogP contribution in [0.3, 0.4) is 0 Å². The minimum absolute atomic E-state index is 0.192. The first-order chi connectivity index (χ1) is 25.4. The van der Waals surface area contributed by atoms with Crippen LogP contribution in [0.4, 0.5) is 9.59 Å². The van der Waals surface area contributed by atoms with Crippen LogP contribution in [0.25, 0.3) is 5.57 Å². The van der Waals surface area contributed by atoms with Crippen molar-refractivity contribution < 1.29 is 28.7 Å². The lowest BCUT2D eigenvalue weighted by molar-refractivity contribution is 0.0170. The number of carbonyl (C=O) groups excluding carboxylic acids is 4. The smallest absolute Gasteiger partial charge is 0.410 e. The van der Waals surface area contributed by atoms with E-state index in [1.807, 2.05) is 74.0 Å². The van der Waals surface area contributed by atoms with Gasteiger partial charge in [0, 0.05) is 69.7 Å². The van der Waals surface area contributed by atoms with Crippen molar-refractivity contribution in [1.29, 1.82) is 0 Å². The molecule has 0 spiro atoms. The number of ketones is 2. The number of hydrogen-bond donors (Lipinski definition) is 0. The maximum atomic E-state index is 12.4. The first-order valence-electron chi connectivity index (χ1n) is 20.4. The number of carbonyl (C=O) groups is 4. The first kappa shape index (κ1) is 42.2. The van der Waals surface area contributed by atoms with Gasteiger partial charge in [0.25, 0.3) is 0 Å². The molecule has 0 saturated carbocycles. The van der Waals surface area contributed by atoms with Gasteiger partial charge in [0.15, 0.2) is 11.6 Å². The Kier molecular flexibility index (Phi) is 13.6. The van der Waals surface area contributed by atoms with Crippen molar-refractivity contribution in [2.24, 2.45) is 11.8 Å². The van der Waals surface area contributed by atoms with Gasteiger partial charge in [-0.05, 0) is 155 Å². The summed E-state index contributed by atoms with van der Waals surface area (Å²) < 4.78 is 11.0. The van der Waals surface area contributed by atoms with Crippen LogP contribution >= 0.6 is 22.7 Å². The van der Waals surface area contributed by atoms with Gasteiger partial charge in [0.1, 0.15) is 11.2 Å². The lowest BCUT2D eigenvalue weighted by atomic mass is 9.80. The molecule has 54 heavy (non-hydrogen) atoms. The molecule has 2 aromatic rings. The number of fused-ring (bicyclic) bond motifs is 2. The number of rotatable bonds is 5. The van der Waals surface area contributed by atoms with Crippen LogP contribution in [-0.4, -0.2) is 70.9 Å². The highest BCUT2D eigenvalue weighted by Crippen LogP contribution is 2.45. The average Bonchev–Trinajstić information content (AvgIpc) is 3.62. The quantitative estimate of drug-likeness (QED) is 0.300. The second kappa shape index (κ2) is 17.4. The summed E-state index contributed by atoms with van der Waals surface area (Å²) in [5.74, 6) is 2.15. The van der Waals surface area contributed by atoms with Gasteiger partial charge in [-0.25, -0.2) is 9.59 Å². The van der Waals surface area contributed by atoms with Crippen LogP contribution in [0.2, 0.25) is 0 Å². The van der Waals surface area contributed by atoms with Crippen molar-refractivity contribution in [2.75, 3.05) is 26.2 Å². The molecule has 8 nitrogen and oxygen atoms in total. The summed E-state index contributed by atoms with van der Waals surface area (Å²) >= 11 is 3.69. The molecule has 10 heteroatoms. The van der Waals surface area contributed by atoms with Crippen molar-refractivity contribution in [3.05, 3.63) is 47.8 Å². The topological polar surface area (TPSA) is 93.2 Å². The van der Waals surface area contributed by atoms with Crippen LogP contribution in [0.5, 0.6) is 0 Å². The highest BCUT2D eigenvalue weighted by atomic mass is 32.1. The van der Waals surface area contributed by atoms with Crippen LogP contribution < -0.4 is 0 Å². The fraction of sp³-hybridized carbons (Fsp3) is 0.682. The number of amides is 2. The molecular weight excluding hydrogens is 717 g/mol. The molecule has 2 aliphatic carbocycles. The number of piperidine rings is 2. The maximum absolute atomic E-state index is 12.4. The molecule has 0 N–H and O–H groups in total. The highest BCUT2D eigenvalue weighted by molar-refractivity contribution is 7.13. The Morgan fingerprint density at radius 2 is 1.20 bits per heavy atom. The molecule has 2 saturated heterocycles. The maximum Gasteiger partial charge on any atom is 0.410 e. The molecule has 1 atom stereocenters. The van der Waals surface area contributed by atoms with Crippen molar-refractivity contribution in [1.82, 2.24) is 9.80 Å². The van der Waals surface area contributed by atoms with Gasteiger partial charge in [-0.2, -0.15) is 0 Å². The third kappa shape index (κ3) is 9.87. The zero-order chi connectivity index (χ0) is 39.5. The number of allylic oxidation sites excluding steroid dienone is 2. The third-order valence-electron chi connectivity index (χ3n) is 11.3. The van der Waals surface area contributed by atoms with E-state index >= 15 is 0 Å². The molecule has 6 rings (SSSR count). The minimum Gasteiger partial charge on any atom is -0.444 e. The van der Waals surface area contributed by atoms with E-state index in [0.717, 1.165) is 95.1 Å². The lowest BCUT2D eigenvalue weighted by Gasteiger charge is -2.36. The summed E-state index contributed by atoms with van der Waals surface area (Å²) in [6, 6.07) is 0. The number of aryl methyl sites for hydroxylation is 2. The van der Waals surface area contributed by atoms with Crippen LogP contribution in [0.15, 0.2) is 6.08 Å². The Morgan fingerprint density at radius 1 is 0.741 bits per heavy atom. The fourth-order valence-corrected chi connectivity index (χ4v) is 11.9. The van der Waals surface area contributed by atoms with Crippen molar-refractivity contribution >= 4 is 52.0 Å². The highest BCUT2D eigenvalue weighted by Gasteiger charge is 2.35. The second-order valence-corrected chi connectivity index (χ2v) is 19.8. The fourth-order valence-electron chi connectivity index (χ4n) is 8.74. The second-order valence-electron chi connectivity index (χ2n) is 17.6. The molecule has 0 radical (unpaired) electrons. The van der Waals surface area contributed by atoms with Gasteiger partial charge in [-0.15, -0.1) is 22.7 Å². The molecule has 2 amide bonds. The van der Waals surface area contributed by atoms with Crippen LogP contribution in [-0.2, 0) is 22.3 Å². The van der Waals surface area contributed by atoms with E-state index < -0.39 is 11.2 Å². The molecule has 1 unspecified atom stereocenters. The monoisotopic (exact) mass is 780 g/mol. The van der Waals surface area contributed by atoms with E-state index in [0.29, 0.717) is 42.2 Å². The number of Topliss-reactive ketones (excluding diaryl/α,β-unsaturated/α-hetero) is 2. The Balaban J connectivity index is 0.000000208. The third-order valence-corrected chi connectivity index (χ3v) is 14.2. The number of likely N-dealkylation sites (tertiary alicyclic amines) is 2. The summed E-state index contributed by atoms with van der Waals surface area (Å²) in [4.78, 5) is 58.3. The van der Waals surface area contributed by atoms with E-state index in [2.05, 4.69) is 33.8 Å². The Hall–Kier alpha value is -2.98. The van der Waals surface area contributed by atoms with Crippen molar-refractivity contribution in [2.45, 2.75) is 157 Å². The first-order valence-corrected chi connectivity index (χ1v) is 22.0.